The summed E-state index contributed by atoms with van der Waals surface area (Å²) in [6.45, 7) is 7.60. The van der Waals surface area contributed by atoms with Gasteiger partial charge in [-0.2, -0.15) is 0 Å². The molecule has 0 radical (unpaired) electrons. The normalized spacial score (nSPS) is 22.6. The molecule has 0 amide bonds. The first-order valence-electron chi connectivity index (χ1n) is 8.07. The summed E-state index contributed by atoms with van der Waals surface area (Å²) in [5, 5.41) is 3.57. The molecule has 1 fully saturated rings. The number of nitrogens with zero attached hydrogens (tertiary/aromatic N) is 1. The first-order valence-corrected chi connectivity index (χ1v) is 8.07. The Hall–Kier alpha value is -1.22. The minimum Gasteiger partial charge on any atom is -0.385 e. The van der Waals surface area contributed by atoms with E-state index in [9.17, 15) is 0 Å². The van der Waals surface area contributed by atoms with Crippen LogP contribution < -0.4 is 16.0 Å². The zero-order valence-electron chi connectivity index (χ0n) is 12.9. The van der Waals surface area contributed by atoms with E-state index in [1.165, 1.54) is 37.1 Å². The zero-order chi connectivity index (χ0) is 14.4. The lowest BCUT2D eigenvalue weighted by atomic mass is 9.86. The Morgan fingerprint density at radius 3 is 2.20 bits per heavy atom. The summed E-state index contributed by atoms with van der Waals surface area (Å²) in [4.78, 5) is 2.37. The number of hydrogen-bond donors (Lipinski definition) is 2. The molecule has 1 aliphatic carbocycles. The molecule has 1 aromatic rings. The van der Waals surface area contributed by atoms with Gasteiger partial charge < -0.3 is 16.0 Å². The van der Waals surface area contributed by atoms with Crippen molar-refractivity contribution in [3.8, 4) is 0 Å². The van der Waals surface area contributed by atoms with Crippen LogP contribution in [0, 0.1) is 5.92 Å². The number of nitrogens with one attached hydrogen (secondary N) is 1. The minimum absolute atomic E-state index is 0.444. The van der Waals surface area contributed by atoms with E-state index in [4.69, 9.17) is 5.73 Å². The molecular formula is C17H29N3. The number of hydrogen-bond acceptors (Lipinski definition) is 3. The van der Waals surface area contributed by atoms with Gasteiger partial charge in [-0.25, -0.2) is 0 Å². The van der Waals surface area contributed by atoms with Gasteiger partial charge in [0.15, 0.2) is 0 Å². The Balaban J connectivity index is 1.81. The summed E-state index contributed by atoms with van der Waals surface area (Å²) in [5.74, 6) is 0.789. The van der Waals surface area contributed by atoms with Gasteiger partial charge in [0.25, 0.3) is 0 Å². The third-order valence-electron chi connectivity index (χ3n) is 4.48. The highest BCUT2D eigenvalue weighted by Crippen LogP contribution is 2.24. The van der Waals surface area contributed by atoms with Gasteiger partial charge >= 0.3 is 0 Å². The Kier molecular flexibility index (Phi) is 5.72. The third-order valence-corrected chi connectivity index (χ3v) is 4.48. The number of nitrogens with two attached hydrogens (primary N) is 1. The maximum atomic E-state index is 5.95. The van der Waals surface area contributed by atoms with E-state index in [0.29, 0.717) is 6.04 Å². The van der Waals surface area contributed by atoms with Gasteiger partial charge in [0.05, 0.1) is 0 Å². The Morgan fingerprint density at radius 1 is 1.05 bits per heavy atom. The Bertz CT molecular complexity index is 376. The van der Waals surface area contributed by atoms with Gasteiger partial charge in [0, 0.05) is 37.1 Å². The lowest BCUT2D eigenvalue weighted by Gasteiger charge is -2.26. The van der Waals surface area contributed by atoms with Crippen molar-refractivity contribution >= 4 is 11.4 Å². The van der Waals surface area contributed by atoms with Crippen LogP contribution in [0.2, 0.25) is 0 Å². The third kappa shape index (κ3) is 4.14. The van der Waals surface area contributed by atoms with Crippen LogP contribution in [0.5, 0.6) is 0 Å². The van der Waals surface area contributed by atoms with Crippen LogP contribution in [0.4, 0.5) is 11.4 Å². The molecule has 1 aromatic carbocycles. The SMILES string of the molecule is CCN(CC)c1ccc(NC[C@H]2CC[C@H](N)CC2)cc1. The molecule has 1 saturated carbocycles. The first kappa shape index (κ1) is 15.2. The summed E-state index contributed by atoms with van der Waals surface area (Å²) < 4.78 is 0. The fourth-order valence-electron chi connectivity index (χ4n) is 3.03. The van der Waals surface area contributed by atoms with E-state index in [1.54, 1.807) is 0 Å². The summed E-state index contributed by atoms with van der Waals surface area (Å²) >= 11 is 0. The fraction of sp³-hybridized carbons (Fsp3) is 0.647. The van der Waals surface area contributed by atoms with Crippen LogP contribution in [0.1, 0.15) is 39.5 Å². The van der Waals surface area contributed by atoms with Crippen molar-refractivity contribution in [1.82, 2.24) is 0 Å². The van der Waals surface area contributed by atoms with Gasteiger partial charge in [-0.05, 0) is 69.7 Å². The molecule has 0 aromatic heterocycles. The van der Waals surface area contributed by atoms with E-state index in [-0.39, 0.29) is 0 Å². The topological polar surface area (TPSA) is 41.3 Å². The van der Waals surface area contributed by atoms with Crippen LogP contribution in [0.15, 0.2) is 24.3 Å². The number of rotatable bonds is 6. The quantitative estimate of drug-likeness (QED) is 0.835. The highest BCUT2D eigenvalue weighted by Gasteiger charge is 2.17. The molecule has 0 heterocycles. The summed E-state index contributed by atoms with van der Waals surface area (Å²) in [5.41, 5.74) is 8.49. The van der Waals surface area contributed by atoms with Crippen LogP contribution in [0.25, 0.3) is 0 Å². The molecule has 112 valence electrons. The Morgan fingerprint density at radius 2 is 1.65 bits per heavy atom. The van der Waals surface area contributed by atoms with E-state index in [2.05, 4.69) is 48.3 Å². The molecule has 0 atom stereocenters. The van der Waals surface area contributed by atoms with E-state index in [0.717, 1.165) is 25.6 Å². The highest BCUT2D eigenvalue weighted by atomic mass is 15.1. The predicted molar refractivity (Wildman–Crippen MR) is 88.4 cm³/mol. The maximum absolute atomic E-state index is 5.95. The lowest BCUT2D eigenvalue weighted by molar-refractivity contribution is 0.339. The molecule has 20 heavy (non-hydrogen) atoms. The average molecular weight is 275 g/mol. The van der Waals surface area contributed by atoms with Crippen molar-refractivity contribution < 1.29 is 0 Å². The number of anilines is 2. The molecule has 0 unspecified atom stereocenters. The van der Waals surface area contributed by atoms with Crippen LogP contribution in [0.3, 0.4) is 0 Å². The summed E-state index contributed by atoms with van der Waals surface area (Å²) in [7, 11) is 0. The maximum Gasteiger partial charge on any atom is 0.0367 e. The first-order chi connectivity index (χ1) is 9.72. The smallest absolute Gasteiger partial charge is 0.0367 e. The second-order valence-corrected chi connectivity index (χ2v) is 5.88. The number of benzene rings is 1. The van der Waals surface area contributed by atoms with Crippen molar-refractivity contribution in [2.75, 3.05) is 29.9 Å². The standard InChI is InChI=1S/C17H29N3/c1-3-20(4-2)17-11-9-16(10-12-17)19-13-14-5-7-15(18)8-6-14/h9-12,14-15,19H,3-8,13,18H2,1-2H3/t14-,15-. The molecule has 1 aliphatic rings. The van der Waals surface area contributed by atoms with E-state index >= 15 is 0 Å². The van der Waals surface area contributed by atoms with Crippen molar-refractivity contribution in [3.05, 3.63) is 24.3 Å². The van der Waals surface area contributed by atoms with Crippen molar-refractivity contribution in [1.29, 1.82) is 0 Å². The minimum atomic E-state index is 0.444. The Labute approximate surface area is 123 Å². The van der Waals surface area contributed by atoms with Gasteiger partial charge in [-0.1, -0.05) is 0 Å². The second kappa shape index (κ2) is 7.53. The predicted octanol–water partition coefficient (Wildman–Crippen LogP) is 3.46. The van der Waals surface area contributed by atoms with Gasteiger partial charge in [0.1, 0.15) is 0 Å². The van der Waals surface area contributed by atoms with Gasteiger partial charge in [0.2, 0.25) is 0 Å². The van der Waals surface area contributed by atoms with Crippen LogP contribution in [-0.2, 0) is 0 Å². The molecule has 0 bridgehead atoms. The fourth-order valence-corrected chi connectivity index (χ4v) is 3.03. The van der Waals surface area contributed by atoms with Crippen LogP contribution in [-0.4, -0.2) is 25.7 Å². The molecule has 0 saturated heterocycles. The lowest BCUT2D eigenvalue weighted by Crippen LogP contribution is -2.29. The molecule has 2 rings (SSSR count). The summed E-state index contributed by atoms with van der Waals surface area (Å²) in [6.07, 6.45) is 4.91. The molecule has 3 N–H and O–H groups in total. The van der Waals surface area contributed by atoms with E-state index < -0.39 is 0 Å². The molecule has 3 nitrogen and oxygen atoms in total. The largest absolute Gasteiger partial charge is 0.385 e. The van der Waals surface area contributed by atoms with Gasteiger partial charge in [-0.15, -0.1) is 0 Å². The van der Waals surface area contributed by atoms with Crippen molar-refractivity contribution in [3.63, 3.8) is 0 Å². The highest BCUT2D eigenvalue weighted by molar-refractivity contribution is 5.55. The zero-order valence-corrected chi connectivity index (χ0v) is 12.9. The molecule has 0 aliphatic heterocycles. The van der Waals surface area contributed by atoms with Gasteiger partial charge in [-0.3, -0.25) is 0 Å². The molecular weight excluding hydrogens is 246 g/mol. The second-order valence-electron chi connectivity index (χ2n) is 5.88. The summed E-state index contributed by atoms with van der Waals surface area (Å²) in [6, 6.07) is 9.27. The van der Waals surface area contributed by atoms with Crippen molar-refractivity contribution in [2.24, 2.45) is 11.7 Å². The molecule has 0 spiro atoms. The molecule has 3 heteroatoms. The monoisotopic (exact) mass is 275 g/mol. The van der Waals surface area contributed by atoms with E-state index in [1.807, 2.05) is 0 Å². The van der Waals surface area contributed by atoms with Crippen LogP contribution >= 0.6 is 0 Å². The van der Waals surface area contributed by atoms with Crippen molar-refractivity contribution in [2.45, 2.75) is 45.6 Å². The average Bonchev–Trinajstić information content (AvgIpc) is 2.49.